The van der Waals surface area contributed by atoms with Crippen LogP contribution < -0.4 is 10.2 Å². The second-order valence-corrected chi connectivity index (χ2v) is 4.86. The van der Waals surface area contributed by atoms with Crippen LogP contribution in [0.1, 0.15) is 15.9 Å². The van der Waals surface area contributed by atoms with Crippen molar-refractivity contribution in [3.63, 3.8) is 0 Å². The van der Waals surface area contributed by atoms with Crippen LogP contribution in [0.5, 0.6) is 0 Å². The molecule has 1 aromatic carbocycles. The quantitative estimate of drug-likeness (QED) is 0.920. The molecule has 2 aromatic rings. The van der Waals surface area contributed by atoms with Gasteiger partial charge in [0.1, 0.15) is 0 Å². The summed E-state index contributed by atoms with van der Waals surface area (Å²) in [5, 5.41) is 2.95. The Bertz CT molecular complexity index is 598. The van der Waals surface area contributed by atoms with E-state index in [-0.39, 0.29) is 5.91 Å². The first-order valence-corrected chi connectivity index (χ1v) is 6.86. The normalized spacial score (nSPS) is 13.1. The Morgan fingerprint density at radius 2 is 2.00 bits per heavy atom. The Hall–Kier alpha value is -2.36. The minimum Gasteiger partial charge on any atom is -0.369 e. The number of hydrogen-bond acceptors (Lipinski definition) is 3. The number of benzene rings is 1. The number of rotatable bonds is 4. The van der Waals surface area contributed by atoms with Gasteiger partial charge in [0, 0.05) is 43.3 Å². The predicted octanol–water partition coefficient (Wildman–Crippen LogP) is 1.87. The van der Waals surface area contributed by atoms with Crippen LogP contribution in [0.25, 0.3) is 0 Å². The Morgan fingerprint density at radius 3 is 2.85 bits per heavy atom. The molecule has 1 N–H and O–H groups in total. The van der Waals surface area contributed by atoms with E-state index in [0.29, 0.717) is 12.1 Å². The van der Waals surface area contributed by atoms with Crippen molar-refractivity contribution in [2.24, 2.45) is 0 Å². The highest BCUT2D eigenvalue weighted by molar-refractivity contribution is 5.93. The first kappa shape index (κ1) is 12.7. The Morgan fingerprint density at radius 1 is 1.20 bits per heavy atom. The molecule has 0 fully saturated rings. The molecule has 20 heavy (non-hydrogen) atoms. The lowest BCUT2D eigenvalue weighted by Gasteiger charge is -2.19. The fraction of sp³-hybridized carbons (Fsp3) is 0.250. The van der Waals surface area contributed by atoms with Crippen molar-refractivity contribution in [2.75, 3.05) is 24.5 Å². The zero-order chi connectivity index (χ0) is 13.8. The summed E-state index contributed by atoms with van der Waals surface area (Å²) in [5.41, 5.74) is 3.35. The summed E-state index contributed by atoms with van der Waals surface area (Å²) in [6, 6.07) is 11.9. The van der Waals surface area contributed by atoms with Gasteiger partial charge in [-0.25, -0.2) is 0 Å². The van der Waals surface area contributed by atoms with Crippen molar-refractivity contribution >= 4 is 11.6 Å². The number of hydrogen-bond donors (Lipinski definition) is 1. The van der Waals surface area contributed by atoms with Crippen molar-refractivity contribution in [2.45, 2.75) is 6.42 Å². The van der Waals surface area contributed by atoms with E-state index in [1.165, 1.54) is 11.3 Å². The molecule has 0 unspecified atom stereocenters. The van der Waals surface area contributed by atoms with Crippen LogP contribution in [-0.2, 0) is 6.42 Å². The maximum atomic E-state index is 11.9. The van der Waals surface area contributed by atoms with Gasteiger partial charge in [-0.05, 0) is 30.2 Å². The molecule has 3 rings (SSSR count). The number of nitrogens with zero attached hydrogens (tertiary/aromatic N) is 2. The number of nitrogens with one attached hydrogen (secondary N) is 1. The number of aromatic nitrogens is 1. The van der Waals surface area contributed by atoms with Crippen LogP contribution in [0.4, 0.5) is 5.69 Å². The second kappa shape index (κ2) is 5.74. The van der Waals surface area contributed by atoms with Gasteiger partial charge < -0.3 is 10.2 Å². The molecule has 1 aliphatic heterocycles. The number of anilines is 1. The smallest absolute Gasteiger partial charge is 0.251 e. The standard InChI is InChI=1S/C16H17N3O/c20-16(14-5-8-17-9-6-14)18-10-12-19-11-7-13-3-1-2-4-15(13)19/h1-6,8-9H,7,10-12H2,(H,18,20). The van der Waals surface area contributed by atoms with Crippen molar-refractivity contribution in [3.05, 3.63) is 59.9 Å². The third kappa shape index (κ3) is 2.64. The van der Waals surface area contributed by atoms with Crippen LogP contribution >= 0.6 is 0 Å². The maximum absolute atomic E-state index is 11.9. The van der Waals surface area contributed by atoms with Crippen LogP contribution in [0.3, 0.4) is 0 Å². The first-order valence-electron chi connectivity index (χ1n) is 6.86. The van der Waals surface area contributed by atoms with E-state index in [1.807, 2.05) is 0 Å². The van der Waals surface area contributed by atoms with Gasteiger partial charge in [0.25, 0.3) is 5.91 Å². The Labute approximate surface area is 118 Å². The first-order chi connectivity index (χ1) is 9.84. The zero-order valence-corrected chi connectivity index (χ0v) is 11.2. The monoisotopic (exact) mass is 267 g/mol. The largest absolute Gasteiger partial charge is 0.369 e. The van der Waals surface area contributed by atoms with Gasteiger partial charge in [-0.1, -0.05) is 18.2 Å². The summed E-state index contributed by atoms with van der Waals surface area (Å²) in [5.74, 6) is -0.0418. The molecule has 2 heterocycles. The van der Waals surface area contributed by atoms with Gasteiger partial charge >= 0.3 is 0 Å². The minimum atomic E-state index is -0.0418. The van der Waals surface area contributed by atoms with E-state index in [0.717, 1.165) is 19.5 Å². The van der Waals surface area contributed by atoms with Crippen LogP contribution in [0.2, 0.25) is 0 Å². The zero-order valence-electron chi connectivity index (χ0n) is 11.2. The molecule has 0 spiro atoms. The number of para-hydroxylation sites is 1. The summed E-state index contributed by atoms with van der Waals surface area (Å²) < 4.78 is 0. The number of carbonyl (C=O) groups is 1. The highest BCUT2D eigenvalue weighted by Gasteiger charge is 2.17. The van der Waals surface area contributed by atoms with Crippen molar-refractivity contribution in [1.29, 1.82) is 0 Å². The van der Waals surface area contributed by atoms with Gasteiger partial charge in [0.15, 0.2) is 0 Å². The minimum absolute atomic E-state index is 0.0418. The molecule has 0 bridgehead atoms. The summed E-state index contributed by atoms with van der Waals surface area (Å²) in [6.07, 6.45) is 4.35. The van der Waals surface area contributed by atoms with Crippen LogP contribution in [0.15, 0.2) is 48.8 Å². The predicted molar refractivity (Wildman–Crippen MR) is 78.9 cm³/mol. The Balaban J connectivity index is 1.53. The summed E-state index contributed by atoms with van der Waals surface area (Å²) in [4.78, 5) is 18.1. The van der Waals surface area contributed by atoms with Crippen LogP contribution in [0, 0.1) is 0 Å². The summed E-state index contributed by atoms with van der Waals surface area (Å²) in [6.45, 7) is 2.52. The molecule has 0 atom stereocenters. The molecule has 1 aliphatic rings. The van der Waals surface area contributed by atoms with Gasteiger partial charge in [-0.3, -0.25) is 9.78 Å². The number of pyridine rings is 1. The van der Waals surface area contributed by atoms with Crippen LogP contribution in [-0.4, -0.2) is 30.5 Å². The highest BCUT2D eigenvalue weighted by atomic mass is 16.1. The average Bonchev–Trinajstić information content (AvgIpc) is 2.92. The van der Waals surface area contributed by atoms with Crippen molar-refractivity contribution < 1.29 is 4.79 Å². The molecule has 0 radical (unpaired) electrons. The van der Waals surface area contributed by atoms with Gasteiger partial charge in [0.2, 0.25) is 0 Å². The van der Waals surface area contributed by atoms with Crippen molar-refractivity contribution in [1.82, 2.24) is 10.3 Å². The van der Waals surface area contributed by atoms with E-state index in [4.69, 9.17) is 0 Å². The fourth-order valence-corrected chi connectivity index (χ4v) is 2.55. The lowest BCUT2D eigenvalue weighted by Crippen LogP contribution is -2.34. The molecule has 1 aromatic heterocycles. The average molecular weight is 267 g/mol. The summed E-state index contributed by atoms with van der Waals surface area (Å²) in [7, 11) is 0. The molecule has 4 nitrogen and oxygen atoms in total. The van der Waals surface area contributed by atoms with E-state index in [2.05, 4.69) is 39.5 Å². The van der Waals surface area contributed by atoms with E-state index < -0.39 is 0 Å². The number of carbonyl (C=O) groups excluding carboxylic acids is 1. The fourth-order valence-electron chi connectivity index (χ4n) is 2.55. The molecular formula is C16H17N3O. The maximum Gasteiger partial charge on any atom is 0.251 e. The summed E-state index contributed by atoms with van der Waals surface area (Å²) >= 11 is 0. The third-order valence-electron chi connectivity index (χ3n) is 3.59. The lowest BCUT2D eigenvalue weighted by molar-refractivity contribution is 0.0954. The molecular weight excluding hydrogens is 250 g/mol. The van der Waals surface area contributed by atoms with E-state index in [1.54, 1.807) is 24.5 Å². The SMILES string of the molecule is O=C(NCCN1CCc2ccccc21)c1ccncc1. The number of amides is 1. The molecule has 4 heteroatoms. The molecule has 102 valence electrons. The molecule has 0 saturated carbocycles. The van der Waals surface area contributed by atoms with E-state index in [9.17, 15) is 4.79 Å². The lowest BCUT2D eigenvalue weighted by atomic mass is 10.2. The highest BCUT2D eigenvalue weighted by Crippen LogP contribution is 2.26. The second-order valence-electron chi connectivity index (χ2n) is 4.86. The molecule has 0 saturated heterocycles. The number of fused-ring (bicyclic) bond motifs is 1. The molecule has 0 aliphatic carbocycles. The van der Waals surface area contributed by atoms with Gasteiger partial charge in [-0.15, -0.1) is 0 Å². The topological polar surface area (TPSA) is 45.2 Å². The third-order valence-corrected chi connectivity index (χ3v) is 3.59. The van der Waals surface area contributed by atoms with Gasteiger partial charge in [0.05, 0.1) is 0 Å². The van der Waals surface area contributed by atoms with Crippen molar-refractivity contribution in [3.8, 4) is 0 Å². The van der Waals surface area contributed by atoms with Gasteiger partial charge in [-0.2, -0.15) is 0 Å². The van der Waals surface area contributed by atoms with E-state index >= 15 is 0 Å². The molecule has 1 amide bonds. The Kier molecular flexibility index (Phi) is 3.63.